The summed E-state index contributed by atoms with van der Waals surface area (Å²) >= 11 is 3.48. The molecule has 1 aliphatic carbocycles. The summed E-state index contributed by atoms with van der Waals surface area (Å²) in [6, 6.07) is 0. The van der Waals surface area contributed by atoms with Crippen molar-refractivity contribution in [1.82, 2.24) is 14.9 Å². The van der Waals surface area contributed by atoms with Gasteiger partial charge in [-0.15, -0.1) is 0 Å². The zero-order chi connectivity index (χ0) is 13.2. The Hall–Kier alpha value is -0.880. The molecule has 2 rings (SSSR count). The highest BCUT2D eigenvalue weighted by Gasteiger charge is 2.38. The van der Waals surface area contributed by atoms with E-state index >= 15 is 0 Å². The lowest BCUT2D eigenvalue weighted by atomic mass is 9.75. The predicted octanol–water partition coefficient (Wildman–Crippen LogP) is 2.18. The summed E-state index contributed by atoms with van der Waals surface area (Å²) in [4.78, 5) is 10.9. The zero-order valence-corrected chi connectivity index (χ0v) is 12.7. The van der Waals surface area contributed by atoms with Crippen molar-refractivity contribution in [2.24, 2.45) is 0 Å². The summed E-state index contributed by atoms with van der Waals surface area (Å²) in [6.45, 7) is 0.915. The van der Waals surface area contributed by atoms with Crippen LogP contribution < -0.4 is 10.6 Å². The van der Waals surface area contributed by atoms with Crippen LogP contribution in [0, 0.1) is 0 Å². The maximum atomic E-state index is 4.41. The molecule has 6 heteroatoms. The Morgan fingerprint density at radius 2 is 2.17 bits per heavy atom. The minimum atomic E-state index is 0.282. The van der Waals surface area contributed by atoms with Crippen LogP contribution in [0.4, 0.5) is 11.8 Å². The molecule has 0 saturated heterocycles. The first kappa shape index (κ1) is 13.5. The molecule has 0 bridgehead atoms. The first-order valence-electron chi connectivity index (χ1n) is 6.19. The summed E-state index contributed by atoms with van der Waals surface area (Å²) in [5, 5.41) is 6.38. The van der Waals surface area contributed by atoms with E-state index in [1.165, 1.54) is 19.3 Å². The molecule has 1 aromatic heterocycles. The lowest BCUT2D eigenvalue weighted by molar-refractivity contribution is 0.0738. The summed E-state index contributed by atoms with van der Waals surface area (Å²) in [6.07, 6.45) is 5.57. The molecule has 2 N–H and O–H groups in total. The Morgan fingerprint density at radius 3 is 2.67 bits per heavy atom. The Bertz CT molecular complexity index is 417. The minimum absolute atomic E-state index is 0.282. The molecule has 1 saturated carbocycles. The number of likely N-dealkylation sites (N-methyl/N-ethyl adjacent to an activating group) is 1. The van der Waals surface area contributed by atoms with Gasteiger partial charge in [0.1, 0.15) is 5.82 Å². The van der Waals surface area contributed by atoms with Gasteiger partial charge in [0.05, 0.1) is 4.47 Å². The Kier molecular flexibility index (Phi) is 4.07. The molecule has 100 valence electrons. The average Bonchev–Trinajstić information content (AvgIpc) is 2.29. The zero-order valence-electron chi connectivity index (χ0n) is 11.1. The molecule has 0 unspecified atom stereocenters. The molecular formula is C12H20BrN5. The van der Waals surface area contributed by atoms with Gasteiger partial charge in [0.25, 0.3) is 0 Å². The van der Waals surface area contributed by atoms with Crippen molar-refractivity contribution < 1.29 is 0 Å². The van der Waals surface area contributed by atoms with Crippen LogP contribution in [0.3, 0.4) is 0 Å². The molecule has 0 atom stereocenters. The molecule has 0 aliphatic heterocycles. The first-order chi connectivity index (χ1) is 8.57. The molecule has 1 aliphatic rings. The number of rotatable bonds is 5. The van der Waals surface area contributed by atoms with E-state index in [1.807, 2.05) is 7.05 Å². The number of anilines is 2. The van der Waals surface area contributed by atoms with Crippen molar-refractivity contribution in [1.29, 1.82) is 0 Å². The summed E-state index contributed by atoms with van der Waals surface area (Å²) in [7, 11) is 6.12. The number of hydrogen-bond donors (Lipinski definition) is 2. The van der Waals surface area contributed by atoms with E-state index < -0.39 is 0 Å². The maximum absolute atomic E-state index is 4.41. The van der Waals surface area contributed by atoms with Gasteiger partial charge in [-0.2, -0.15) is 4.98 Å². The van der Waals surface area contributed by atoms with Gasteiger partial charge in [-0.1, -0.05) is 0 Å². The third-order valence-corrected chi connectivity index (χ3v) is 4.37. The fourth-order valence-corrected chi connectivity index (χ4v) is 2.56. The van der Waals surface area contributed by atoms with E-state index in [4.69, 9.17) is 0 Å². The third kappa shape index (κ3) is 2.59. The van der Waals surface area contributed by atoms with Gasteiger partial charge in [0.15, 0.2) is 0 Å². The number of hydrogen-bond acceptors (Lipinski definition) is 5. The van der Waals surface area contributed by atoms with Gasteiger partial charge in [-0.25, -0.2) is 4.98 Å². The highest BCUT2D eigenvalue weighted by Crippen LogP contribution is 2.36. The molecule has 18 heavy (non-hydrogen) atoms. The Morgan fingerprint density at radius 1 is 1.44 bits per heavy atom. The fraction of sp³-hybridized carbons (Fsp3) is 0.667. The molecule has 0 radical (unpaired) electrons. The largest absolute Gasteiger partial charge is 0.367 e. The van der Waals surface area contributed by atoms with Crippen LogP contribution in [0.15, 0.2) is 10.7 Å². The van der Waals surface area contributed by atoms with Gasteiger partial charge >= 0.3 is 0 Å². The van der Waals surface area contributed by atoms with Gasteiger partial charge in [0, 0.05) is 25.3 Å². The molecule has 5 nitrogen and oxygen atoms in total. The fourth-order valence-electron chi connectivity index (χ4n) is 2.23. The summed E-state index contributed by atoms with van der Waals surface area (Å²) in [5.74, 6) is 1.48. The van der Waals surface area contributed by atoms with Gasteiger partial charge in [-0.05, 0) is 49.3 Å². The minimum Gasteiger partial charge on any atom is -0.367 e. The summed E-state index contributed by atoms with van der Waals surface area (Å²) < 4.78 is 0.898. The van der Waals surface area contributed by atoms with E-state index in [0.29, 0.717) is 5.95 Å². The van der Waals surface area contributed by atoms with Crippen LogP contribution >= 0.6 is 15.9 Å². The van der Waals surface area contributed by atoms with Crippen molar-refractivity contribution >= 4 is 27.7 Å². The monoisotopic (exact) mass is 313 g/mol. The van der Waals surface area contributed by atoms with Crippen LogP contribution in [-0.2, 0) is 0 Å². The molecule has 0 aromatic carbocycles. The van der Waals surface area contributed by atoms with E-state index in [2.05, 4.69) is 55.5 Å². The van der Waals surface area contributed by atoms with Crippen LogP contribution in [0.1, 0.15) is 19.3 Å². The lowest BCUT2D eigenvalue weighted by Gasteiger charge is -2.47. The van der Waals surface area contributed by atoms with Crippen LogP contribution in [-0.4, -0.2) is 48.1 Å². The van der Waals surface area contributed by atoms with E-state index in [-0.39, 0.29) is 5.54 Å². The molecule has 0 spiro atoms. The number of halogens is 1. The van der Waals surface area contributed by atoms with Crippen LogP contribution in [0.25, 0.3) is 0 Å². The molecule has 0 amide bonds. The maximum Gasteiger partial charge on any atom is 0.224 e. The Labute approximate surface area is 117 Å². The average molecular weight is 314 g/mol. The Balaban J connectivity index is 2.05. The number of aromatic nitrogens is 2. The topological polar surface area (TPSA) is 53.1 Å². The molecule has 1 fully saturated rings. The van der Waals surface area contributed by atoms with Crippen molar-refractivity contribution in [3.63, 3.8) is 0 Å². The van der Waals surface area contributed by atoms with Crippen LogP contribution in [0.5, 0.6) is 0 Å². The van der Waals surface area contributed by atoms with Gasteiger partial charge < -0.3 is 15.5 Å². The SMILES string of the molecule is CNc1ncc(Br)c(NCC2(N(C)C)CCC2)n1. The molecule has 1 aromatic rings. The predicted molar refractivity (Wildman–Crippen MR) is 78.0 cm³/mol. The van der Waals surface area contributed by atoms with Crippen molar-refractivity contribution in [2.45, 2.75) is 24.8 Å². The van der Waals surface area contributed by atoms with Gasteiger partial charge in [-0.3, -0.25) is 0 Å². The number of nitrogens with zero attached hydrogens (tertiary/aromatic N) is 3. The molecule has 1 heterocycles. The van der Waals surface area contributed by atoms with Gasteiger partial charge in [0.2, 0.25) is 5.95 Å². The van der Waals surface area contributed by atoms with Crippen molar-refractivity contribution in [3.05, 3.63) is 10.7 Å². The standard InChI is InChI=1S/C12H20BrN5/c1-14-11-15-7-9(13)10(17-11)16-8-12(18(2)3)5-4-6-12/h7H,4-6,8H2,1-3H3,(H2,14,15,16,17). The van der Waals surface area contributed by atoms with E-state index in [1.54, 1.807) is 6.20 Å². The lowest BCUT2D eigenvalue weighted by Crippen LogP contribution is -2.54. The van der Waals surface area contributed by atoms with E-state index in [0.717, 1.165) is 16.8 Å². The second-order valence-electron chi connectivity index (χ2n) is 4.97. The quantitative estimate of drug-likeness (QED) is 0.872. The molecular weight excluding hydrogens is 294 g/mol. The highest BCUT2D eigenvalue weighted by atomic mass is 79.9. The number of nitrogens with one attached hydrogen (secondary N) is 2. The summed E-state index contributed by atoms with van der Waals surface area (Å²) in [5.41, 5.74) is 0.282. The van der Waals surface area contributed by atoms with Crippen LogP contribution in [0.2, 0.25) is 0 Å². The smallest absolute Gasteiger partial charge is 0.224 e. The normalized spacial score (nSPS) is 17.4. The highest BCUT2D eigenvalue weighted by molar-refractivity contribution is 9.10. The first-order valence-corrected chi connectivity index (χ1v) is 6.98. The van der Waals surface area contributed by atoms with Crippen molar-refractivity contribution in [3.8, 4) is 0 Å². The second-order valence-corrected chi connectivity index (χ2v) is 5.82. The second kappa shape index (κ2) is 5.40. The third-order valence-electron chi connectivity index (χ3n) is 3.79. The van der Waals surface area contributed by atoms with Crippen molar-refractivity contribution in [2.75, 3.05) is 38.3 Å². The van der Waals surface area contributed by atoms with E-state index in [9.17, 15) is 0 Å².